The third kappa shape index (κ3) is 2.86. The summed E-state index contributed by atoms with van der Waals surface area (Å²) in [6.07, 6.45) is 6.96. The van der Waals surface area contributed by atoms with Crippen molar-refractivity contribution in [2.75, 3.05) is 26.2 Å². The van der Waals surface area contributed by atoms with Gasteiger partial charge in [0.05, 0.1) is 0 Å². The van der Waals surface area contributed by atoms with E-state index in [1.165, 1.54) is 25.8 Å². The number of carbonyl (C=O) groups excluding carboxylic acids is 1. The summed E-state index contributed by atoms with van der Waals surface area (Å²) in [5.74, 6) is 1.09. The van der Waals surface area contributed by atoms with Crippen LogP contribution in [-0.4, -0.2) is 54.0 Å². The quantitative estimate of drug-likeness (QED) is 0.790. The molecule has 2 saturated heterocycles. The highest BCUT2D eigenvalue weighted by molar-refractivity contribution is 5.79. The topological polar surface area (TPSA) is 49.6 Å². The highest BCUT2D eigenvalue weighted by Gasteiger charge is 2.37. The Morgan fingerprint density at radius 1 is 1.10 bits per heavy atom. The molecule has 0 aromatic carbocycles. The standard InChI is InChI=1S/C16H29N3O/c1-12-10-13(17)5-6-15(12)16(20)19-9-8-18-7-3-2-4-14(18)11-19/h12-15H,2-11,17H2,1H3. The number of nitrogens with two attached hydrogens (primary N) is 1. The average molecular weight is 279 g/mol. The molecule has 1 saturated carbocycles. The van der Waals surface area contributed by atoms with Crippen molar-refractivity contribution in [2.24, 2.45) is 17.6 Å². The molecule has 1 amide bonds. The molecule has 20 heavy (non-hydrogen) atoms. The number of nitrogens with zero attached hydrogens (tertiary/aromatic N) is 2. The van der Waals surface area contributed by atoms with E-state index in [9.17, 15) is 4.79 Å². The van der Waals surface area contributed by atoms with Gasteiger partial charge in [-0.05, 0) is 44.6 Å². The van der Waals surface area contributed by atoms with E-state index in [-0.39, 0.29) is 5.92 Å². The Hall–Kier alpha value is -0.610. The van der Waals surface area contributed by atoms with Crippen LogP contribution in [0.15, 0.2) is 0 Å². The number of fused-ring (bicyclic) bond motifs is 1. The highest BCUT2D eigenvalue weighted by Crippen LogP contribution is 2.31. The molecule has 4 atom stereocenters. The highest BCUT2D eigenvalue weighted by atomic mass is 16.2. The number of carbonyl (C=O) groups is 1. The molecule has 4 heteroatoms. The van der Waals surface area contributed by atoms with Gasteiger partial charge in [-0.2, -0.15) is 0 Å². The first kappa shape index (κ1) is 14.3. The first-order valence-corrected chi connectivity index (χ1v) is 8.43. The maximum Gasteiger partial charge on any atom is 0.226 e. The molecule has 2 aliphatic heterocycles. The molecule has 3 fully saturated rings. The van der Waals surface area contributed by atoms with Gasteiger partial charge in [0.15, 0.2) is 0 Å². The van der Waals surface area contributed by atoms with Gasteiger partial charge in [0.2, 0.25) is 5.91 Å². The predicted molar refractivity (Wildman–Crippen MR) is 80.3 cm³/mol. The van der Waals surface area contributed by atoms with Gasteiger partial charge >= 0.3 is 0 Å². The summed E-state index contributed by atoms with van der Waals surface area (Å²) in [4.78, 5) is 17.6. The van der Waals surface area contributed by atoms with Crippen molar-refractivity contribution < 1.29 is 4.79 Å². The summed E-state index contributed by atoms with van der Waals surface area (Å²) in [5.41, 5.74) is 6.02. The van der Waals surface area contributed by atoms with Crippen molar-refractivity contribution >= 4 is 5.91 Å². The molecule has 0 spiro atoms. The fourth-order valence-electron chi connectivity index (χ4n) is 4.40. The van der Waals surface area contributed by atoms with Gasteiger partial charge in [-0.1, -0.05) is 13.3 Å². The molecule has 0 bridgehead atoms. The molecule has 4 nitrogen and oxygen atoms in total. The van der Waals surface area contributed by atoms with Crippen LogP contribution in [0.3, 0.4) is 0 Å². The maximum absolute atomic E-state index is 12.8. The first-order chi connectivity index (χ1) is 9.65. The summed E-state index contributed by atoms with van der Waals surface area (Å²) in [5, 5.41) is 0. The Kier molecular flexibility index (Phi) is 4.32. The zero-order valence-electron chi connectivity index (χ0n) is 12.8. The van der Waals surface area contributed by atoms with E-state index in [1.54, 1.807) is 0 Å². The normalized spacial score (nSPS) is 39.4. The summed E-state index contributed by atoms with van der Waals surface area (Å²) >= 11 is 0. The van der Waals surface area contributed by atoms with Gasteiger partial charge in [-0.25, -0.2) is 0 Å². The van der Waals surface area contributed by atoms with E-state index >= 15 is 0 Å². The van der Waals surface area contributed by atoms with E-state index < -0.39 is 0 Å². The van der Waals surface area contributed by atoms with Gasteiger partial charge in [-0.3, -0.25) is 9.69 Å². The SMILES string of the molecule is CC1CC(N)CCC1C(=O)N1CCN2CCCCC2C1. The van der Waals surface area contributed by atoms with Crippen molar-refractivity contribution in [3.05, 3.63) is 0 Å². The Labute approximate surface area is 122 Å². The van der Waals surface area contributed by atoms with Gasteiger partial charge < -0.3 is 10.6 Å². The molecule has 114 valence electrons. The fraction of sp³-hybridized carbons (Fsp3) is 0.938. The molecule has 4 unspecified atom stereocenters. The van der Waals surface area contributed by atoms with Gasteiger partial charge in [0.25, 0.3) is 0 Å². The number of amides is 1. The van der Waals surface area contributed by atoms with E-state index in [1.807, 2.05) is 0 Å². The van der Waals surface area contributed by atoms with Crippen molar-refractivity contribution in [3.8, 4) is 0 Å². The molecule has 2 heterocycles. The summed E-state index contributed by atoms with van der Waals surface area (Å²) in [6.45, 7) is 6.43. The number of hydrogen-bond acceptors (Lipinski definition) is 3. The minimum Gasteiger partial charge on any atom is -0.340 e. The zero-order valence-corrected chi connectivity index (χ0v) is 12.8. The van der Waals surface area contributed by atoms with Crippen LogP contribution in [-0.2, 0) is 4.79 Å². The average Bonchev–Trinajstić information content (AvgIpc) is 2.46. The molecule has 3 rings (SSSR count). The lowest BCUT2D eigenvalue weighted by molar-refractivity contribution is -0.142. The first-order valence-electron chi connectivity index (χ1n) is 8.43. The molecule has 0 aromatic heterocycles. The third-order valence-corrected chi connectivity index (χ3v) is 5.68. The second kappa shape index (κ2) is 6.02. The molecule has 0 radical (unpaired) electrons. The lowest BCUT2D eigenvalue weighted by atomic mass is 9.77. The lowest BCUT2D eigenvalue weighted by Gasteiger charge is -2.45. The van der Waals surface area contributed by atoms with Crippen LogP contribution in [0.25, 0.3) is 0 Å². The smallest absolute Gasteiger partial charge is 0.226 e. The van der Waals surface area contributed by atoms with Crippen LogP contribution >= 0.6 is 0 Å². The predicted octanol–water partition coefficient (Wildman–Crippen LogP) is 1.45. The summed E-state index contributed by atoms with van der Waals surface area (Å²) < 4.78 is 0. The van der Waals surface area contributed by atoms with Crippen LogP contribution in [0.5, 0.6) is 0 Å². The molecule has 0 aromatic rings. The Morgan fingerprint density at radius 2 is 1.95 bits per heavy atom. The van der Waals surface area contributed by atoms with Crippen LogP contribution in [0.1, 0.15) is 45.4 Å². The number of hydrogen-bond donors (Lipinski definition) is 1. The molecule has 1 aliphatic carbocycles. The van der Waals surface area contributed by atoms with Gasteiger partial charge in [-0.15, -0.1) is 0 Å². The molecule has 2 N–H and O–H groups in total. The molecular formula is C16H29N3O. The second-order valence-electron chi connectivity index (χ2n) is 7.13. The van der Waals surface area contributed by atoms with Gasteiger partial charge in [0, 0.05) is 37.6 Å². The molecular weight excluding hydrogens is 250 g/mol. The van der Waals surface area contributed by atoms with E-state index in [0.29, 0.717) is 23.9 Å². The Bertz CT molecular complexity index is 360. The number of piperidine rings is 1. The lowest BCUT2D eigenvalue weighted by Crippen LogP contribution is -2.57. The Morgan fingerprint density at radius 3 is 2.75 bits per heavy atom. The van der Waals surface area contributed by atoms with E-state index in [0.717, 1.165) is 38.9 Å². The van der Waals surface area contributed by atoms with Crippen LogP contribution < -0.4 is 5.73 Å². The third-order valence-electron chi connectivity index (χ3n) is 5.68. The van der Waals surface area contributed by atoms with Gasteiger partial charge in [0.1, 0.15) is 0 Å². The Balaban J connectivity index is 1.60. The van der Waals surface area contributed by atoms with Crippen molar-refractivity contribution in [3.63, 3.8) is 0 Å². The number of piperazine rings is 1. The van der Waals surface area contributed by atoms with Crippen LogP contribution in [0, 0.1) is 11.8 Å². The van der Waals surface area contributed by atoms with Crippen molar-refractivity contribution in [1.29, 1.82) is 0 Å². The summed E-state index contributed by atoms with van der Waals surface area (Å²) in [6, 6.07) is 0.937. The zero-order chi connectivity index (χ0) is 14.1. The van der Waals surface area contributed by atoms with E-state index in [2.05, 4.69) is 16.7 Å². The summed E-state index contributed by atoms with van der Waals surface area (Å²) in [7, 11) is 0. The monoisotopic (exact) mass is 279 g/mol. The minimum atomic E-state index is 0.227. The second-order valence-corrected chi connectivity index (χ2v) is 7.13. The van der Waals surface area contributed by atoms with Crippen molar-refractivity contribution in [1.82, 2.24) is 9.80 Å². The maximum atomic E-state index is 12.8. The minimum absolute atomic E-state index is 0.227. The fourth-order valence-corrected chi connectivity index (χ4v) is 4.40. The largest absolute Gasteiger partial charge is 0.340 e. The van der Waals surface area contributed by atoms with Crippen LogP contribution in [0.4, 0.5) is 0 Å². The molecule has 3 aliphatic rings. The van der Waals surface area contributed by atoms with Crippen molar-refractivity contribution in [2.45, 2.75) is 57.5 Å². The van der Waals surface area contributed by atoms with Crippen LogP contribution in [0.2, 0.25) is 0 Å². The van der Waals surface area contributed by atoms with E-state index in [4.69, 9.17) is 5.73 Å². The number of rotatable bonds is 1.